The molecule has 0 saturated heterocycles. The van der Waals surface area contributed by atoms with Gasteiger partial charge in [0, 0.05) is 12.0 Å². The molecule has 0 aliphatic carbocycles. The predicted molar refractivity (Wildman–Crippen MR) is 80.0 cm³/mol. The predicted octanol–water partition coefficient (Wildman–Crippen LogP) is 3.91. The first kappa shape index (κ1) is 12.7. The summed E-state index contributed by atoms with van der Waals surface area (Å²) < 4.78 is 5.64. The van der Waals surface area contributed by atoms with E-state index in [2.05, 4.69) is 0 Å². The zero-order valence-corrected chi connectivity index (χ0v) is 11.4. The van der Waals surface area contributed by atoms with Crippen molar-refractivity contribution in [3.05, 3.63) is 71.3 Å². The molecule has 2 heteroatoms. The van der Waals surface area contributed by atoms with Crippen LogP contribution in [-0.4, -0.2) is 11.9 Å². The van der Waals surface area contributed by atoms with E-state index in [1.807, 2.05) is 61.5 Å². The van der Waals surface area contributed by atoms with Crippen molar-refractivity contribution in [3.8, 4) is 5.75 Å². The van der Waals surface area contributed by atoms with Crippen LogP contribution < -0.4 is 4.74 Å². The fourth-order valence-electron chi connectivity index (χ4n) is 2.41. The second-order valence-corrected chi connectivity index (χ2v) is 5.06. The second-order valence-electron chi connectivity index (χ2n) is 5.06. The highest BCUT2D eigenvalue weighted by Crippen LogP contribution is 2.29. The van der Waals surface area contributed by atoms with Crippen molar-refractivity contribution >= 4 is 11.9 Å². The number of ketones is 1. The molecule has 1 aliphatic heterocycles. The van der Waals surface area contributed by atoms with E-state index >= 15 is 0 Å². The van der Waals surface area contributed by atoms with E-state index in [0.717, 1.165) is 23.3 Å². The van der Waals surface area contributed by atoms with Crippen molar-refractivity contribution in [1.82, 2.24) is 0 Å². The van der Waals surface area contributed by atoms with Crippen molar-refractivity contribution < 1.29 is 9.53 Å². The molecule has 100 valence electrons. The lowest BCUT2D eigenvalue weighted by atomic mass is 10.0. The van der Waals surface area contributed by atoms with Gasteiger partial charge in [-0.2, -0.15) is 0 Å². The average Bonchev–Trinajstić information content (AvgIpc) is 2.85. The van der Waals surface area contributed by atoms with E-state index < -0.39 is 0 Å². The number of hydrogen-bond donors (Lipinski definition) is 0. The Morgan fingerprint density at radius 3 is 2.80 bits per heavy atom. The lowest BCUT2D eigenvalue weighted by molar-refractivity contribution is 0.104. The Kier molecular flexibility index (Phi) is 3.38. The number of fused-ring (bicyclic) bond motifs is 1. The standard InChI is InChI=1S/C18H16O2/c1-13-11-16-12-15(8-10-18(16)20-13)17(19)9-7-14-5-3-2-4-6-14/h2-10,12-13H,11H2,1H3. The molecule has 20 heavy (non-hydrogen) atoms. The molecule has 1 heterocycles. The molecule has 2 nitrogen and oxygen atoms in total. The Labute approximate surface area is 118 Å². The molecule has 2 aromatic carbocycles. The average molecular weight is 264 g/mol. The molecule has 0 N–H and O–H groups in total. The number of hydrogen-bond acceptors (Lipinski definition) is 2. The minimum Gasteiger partial charge on any atom is -0.490 e. The van der Waals surface area contributed by atoms with Gasteiger partial charge in [-0.1, -0.05) is 36.4 Å². The highest BCUT2D eigenvalue weighted by molar-refractivity contribution is 6.07. The van der Waals surface area contributed by atoms with E-state index in [9.17, 15) is 4.79 Å². The first-order valence-electron chi connectivity index (χ1n) is 6.79. The normalized spacial score (nSPS) is 16.9. The third-order valence-electron chi connectivity index (χ3n) is 3.41. The second kappa shape index (κ2) is 5.33. The first-order valence-corrected chi connectivity index (χ1v) is 6.79. The summed E-state index contributed by atoms with van der Waals surface area (Å²) in [6.07, 6.45) is 4.54. The molecule has 1 atom stereocenters. The summed E-state index contributed by atoms with van der Waals surface area (Å²) >= 11 is 0. The van der Waals surface area contributed by atoms with Gasteiger partial charge in [0.2, 0.25) is 0 Å². The van der Waals surface area contributed by atoms with Gasteiger partial charge >= 0.3 is 0 Å². The summed E-state index contributed by atoms with van der Waals surface area (Å²) in [5, 5.41) is 0. The first-order chi connectivity index (χ1) is 9.72. The fourth-order valence-corrected chi connectivity index (χ4v) is 2.41. The Morgan fingerprint density at radius 2 is 2.00 bits per heavy atom. The maximum atomic E-state index is 12.2. The minimum atomic E-state index is 0.0243. The molecule has 1 aliphatic rings. The van der Waals surface area contributed by atoms with Crippen LogP contribution in [0.4, 0.5) is 0 Å². The summed E-state index contributed by atoms with van der Waals surface area (Å²) in [7, 11) is 0. The van der Waals surface area contributed by atoms with Crippen molar-refractivity contribution in [2.24, 2.45) is 0 Å². The highest BCUT2D eigenvalue weighted by Gasteiger charge is 2.19. The lowest BCUT2D eigenvalue weighted by Gasteiger charge is -2.02. The van der Waals surface area contributed by atoms with Crippen LogP contribution in [0.5, 0.6) is 5.75 Å². The van der Waals surface area contributed by atoms with Crippen molar-refractivity contribution in [1.29, 1.82) is 0 Å². The molecular formula is C18H16O2. The number of ether oxygens (including phenoxy) is 1. The van der Waals surface area contributed by atoms with Gasteiger partial charge in [0.15, 0.2) is 5.78 Å². The molecule has 0 fully saturated rings. The van der Waals surface area contributed by atoms with E-state index in [4.69, 9.17) is 4.74 Å². The minimum absolute atomic E-state index is 0.0243. The van der Waals surface area contributed by atoms with Gasteiger partial charge < -0.3 is 4.74 Å². The number of allylic oxidation sites excluding steroid dienone is 1. The molecule has 0 bridgehead atoms. The van der Waals surface area contributed by atoms with Gasteiger partial charge in [0.05, 0.1) is 0 Å². The summed E-state index contributed by atoms with van der Waals surface area (Å²) in [6, 6.07) is 15.5. The molecule has 2 aromatic rings. The van der Waals surface area contributed by atoms with Crippen LogP contribution in [0, 0.1) is 0 Å². The zero-order valence-electron chi connectivity index (χ0n) is 11.4. The van der Waals surface area contributed by atoms with Crippen LogP contribution in [0.1, 0.15) is 28.4 Å². The van der Waals surface area contributed by atoms with Crippen LogP contribution >= 0.6 is 0 Å². The fraction of sp³-hybridized carbons (Fsp3) is 0.167. The van der Waals surface area contributed by atoms with Crippen molar-refractivity contribution in [2.45, 2.75) is 19.4 Å². The molecule has 0 aromatic heterocycles. The van der Waals surface area contributed by atoms with Crippen LogP contribution in [0.15, 0.2) is 54.6 Å². The van der Waals surface area contributed by atoms with E-state index in [1.54, 1.807) is 6.08 Å². The molecule has 3 rings (SSSR count). The van der Waals surface area contributed by atoms with E-state index in [0.29, 0.717) is 5.56 Å². The Hall–Kier alpha value is -2.35. The molecular weight excluding hydrogens is 248 g/mol. The van der Waals surface area contributed by atoms with Gasteiger partial charge in [-0.25, -0.2) is 0 Å². The van der Waals surface area contributed by atoms with Gasteiger partial charge in [-0.05, 0) is 42.3 Å². The number of carbonyl (C=O) groups is 1. The molecule has 0 amide bonds. The Balaban J connectivity index is 1.78. The SMILES string of the molecule is CC1Cc2cc(C(=O)C=Cc3ccccc3)ccc2O1. The largest absolute Gasteiger partial charge is 0.490 e. The van der Waals surface area contributed by atoms with Gasteiger partial charge in [0.1, 0.15) is 11.9 Å². The Bertz CT molecular complexity index is 656. The van der Waals surface area contributed by atoms with Gasteiger partial charge in [0.25, 0.3) is 0 Å². The van der Waals surface area contributed by atoms with Crippen LogP contribution in [0.25, 0.3) is 6.08 Å². The number of rotatable bonds is 3. The molecule has 1 unspecified atom stereocenters. The smallest absolute Gasteiger partial charge is 0.185 e. The van der Waals surface area contributed by atoms with Crippen LogP contribution in [0.3, 0.4) is 0 Å². The van der Waals surface area contributed by atoms with Crippen molar-refractivity contribution in [2.75, 3.05) is 0 Å². The molecule has 0 radical (unpaired) electrons. The third-order valence-corrected chi connectivity index (χ3v) is 3.41. The summed E-state index contributed by atoms with van der Waals surface area (Å²) in [5.41, 5.74) is 2.86. The maximum absolute atomic E-state index is 12.2. The van der Waals surface area contributed by atoms with Crippen LogP contribution in [-0.2, 0) is 6.42 Å². The lowest BCUT2D eigenvalue weighted by Crippen LogP contribution is -2.05. The number of benzene rings is 2. The Morgan fingerprint density at radius 1 is 1.20 bits per heavy atom. The summed E-state index contributed by atoms with van der Waals surface area (Å²) in [6.45, 7) is 2.04. The molecule has 0 spiro atoms. The van der Waals surface area contributed by atoms with Gasteiger partial charge in [-0.15, -0.1) is 0 Å². The number of carbonyl (C=O) groups excluding carboxylic acids is 1. The zero-order chi connectivity index (χ0) is 13.9. The maximum Gasteiger partial charge on any atom is 0.185 e. The topological polar surface area (TPSA) is 26.3 Å². The van der Waals surface area contributed by atoms with E-state index in [1.165, 1.54) is 0 Å². The van der Waals surface area contributed by atoms with Crippen LogP contribution in [0.2, 0.25) is 0 Å². The quantitative estimate of drug-likeness (QED) is 0.620. The molecule has 0 saturated carbocycles. The van der Waals surface area contributed by atoms with Gasteiger partial charge in [-0.3, -0.25) is 4.79 Å². The summed E-state index contributed by atoms with van der Waals surface area (Å²) in [4.78, 5) is 12.2. The highest BCUT2D eigenvalue weighted by atomic mass is 16.5. The summed E-state index contributed by atoms with van der Waals surface area (Å²) in [5.74, 6) is 0.928. The van der Waals surface area contributed by atoms with E-state index in [-0.39, 0.29) is 11.9 Å². The third kappa shape index (κ3) is 2.64. The monoisotopic (exact) mass is 264 g/mol. The van der Waals surface area contributed by atoms with Crippen molar-refractivity contribution in [3.63, 3.8) is 0 Å².